The van der Waals surface area contributed by atoms with E-state index in [-0.39, 0.29) is 11.9 Å². The van der Waals surface area contributed by atoms with Gasteiger partial charge in [-0.15, -0.1) is 12.3 Å². The Morgan fingerprint density at radius 3 is 2.56 bits per heavy atom. The number of carboxylic acids is 1. The largest absolute Gasteiger partial charge is 0.481 e. The maximum Gasteiger partial charge on any atom is 0.307 e. The van der Waals surface area contributed by atoms with Crippen molar-refractivity contribution >= 4 is 11.9 Å². The van der Waals surface area contributed by atoms with Gasteiger partial charge in [-0.05, 0) is 19.3 Å². The number of allylic oxidation sites excluding steroid dienone is 2. The van der Waals surface area contributed by atoms with E-state index >= 15 is 0 Å². The summed E-state index contributed by atoms with van der Waals surface area (Å²) in [6.45, 7) is 1.94. The van der Waals surface area contributed by atoms with Crippen LogP contribution in [0.2, 0.25) is 0 Å². The lowest BCUT2D eigenvalue weighted by atomic mass is 9.82. The smallest absolute Gasteiger partial charge is 0.307 e. The highest BCUT2D eigenvalue weighted by atomic mass is 16.4. The lowest BCUT2D eigenvalue weighted by Crippen LogP contribution is -2.43. The number of carboxylic acid groups (broad SMARTS) is 1. The van der Waals surface area contributed by atoms with E-state index in [0.717, 1.165) is 6.42 Å². The van der Waals surface area contributed by atoms with Crippen LogP contribution in [0.5, 0.6) is 0 Å². The molecule has 3 atom stereocenters. The first-order valence-corrected chi connectivity index (χ1v) is 6.21. The van der Waals surface area contributed by atoms with Crippen LogP contribution in [0.15, 0.2) is 12.2 Å². The number of carbonyl (C=O) groups excluding carboxylic acids is 1. The summed E-state index contributed by atoms with van der Waals surface area (Å²) in [6, 6.07) is -0.0668. The molecule has 2 N–H and O–H groups in total. The maximum absolute atomic E-state index is 12.1. The standard InChI is InChI=1S/C14H19NO3/c1-3-7-10(4-2)15-13(16)11-8-5-6-9-12(11)14(17)18/h1,5-6,10-12H,4,7-9H2,2H3,(H,15,16)(H,17,18)/t10?,11-,12+/m1/s1. The number of aliphatic carboxylic acids is 1. The highest BCUT2D eigenvalue weighted by Gasteiger charge is 2.34. The van der Waals surface area contributed by atoms with Crippen molar-refractivity contribution in [2.75, 3.05) is 0 Å². The minimum Gasteiger partial charge on any atom is -0.481 e. The summed E-state index contributed by atoms with van der Waals surface area (Å²) in [5.74, 6) is 0.290. The zero-order valence-electron chi connectivity index (χ0n) is 10.6. The molecule has 0 aliphatic heterocycles. The van der Waals surface area contributed by atoms with Crippen molar-refractivity contribution in [3.63, 3.8) is 0 Å². The molecule has 0 aromatic rings. The molecule has 1 amide bonds. The van der Waals surface area contributed by atoms with Crippen LogP contribution in [-0.4, -0.2) is 23.0 Å². The second kappa shape index (κ2) is 6.85. The molecule has 0 saturated heterocycles. The molecule has 0 aromatic heterocycles. The molecule has 1 unspecified atom stereocenters. The molecule has 0 radical (unpaired) electrons. The monoisotopic (exact) mass is 249 g/mol. The van der Waals surface area contributed by atoms with Crippen molar-refractivity contribution in [3.8, 4) is 12.3 Å². The molecule has 0 aromatic carbocycles. The summed E-state index contributed by atoms with van der Waals surface area (Å²) in [5.41, 5.74) is 0. The van der Waals surface area contributed by atoms with Crippen molar-refractivity contribution in [1.82, 2.24) is 5.32 Å². The van der Waals surface area contributed by atoms with E-state index in [4.69, 9.17) is 11.5 Å². The fraction of sp³-hybridized carbons (Fsp3) is 0.571. The van der Waals surface area contributed by atoms with Crippen LogP contribution in [0.3, 0.4) is 0 Å². The molecule has 18 heavy (non-hydrogen) atoms. The summed E-state index contributed by atoms with van der Waals surface area (Å²) in [5, 5.41) is 11.9. The van der Waals surface area contributed by atoms with E-state index in [1.807, 2.05) is 19.1 Å². The number of carbonyl (C=O) groups is 2. The quantitative estimate of drug-likeness (QED) is 0.574. The average molecular weight is 249 g/mol. The van der Waals surface area contributed by atoms with Gasteiger partial charge in [-0.1, -0.05) is 19.1 Å². The Kier molecular flexibility index (Phi) is 5.44. The summed E-state index contributed by atoms with van der Waals surface area (Å²) in [4.78, 5) is 23.2. The molecule has 98 valence electrons. The molecule has 1 aliphatic rings. The average Bonchev–Trinajstić information content (AvgIpc) is 2.38. The van der Waals surface area contributed by atoms with E-state index < -0.39 is 17.8 Å². The second-order valence-corrected chi connectivity index (χ2v) is 4.52. The van der Waals surface area contributed by atoms with E-state index in [2.05, 4.69) is 11.2 Å². The Morgan fingerprint density at radius 2 is 2.06 bits per heavy atom. The van der Waals surface area contributed by atoms with Crippen molar-refractivity contribution in [1.29, 1.82) is 0 Å². The van der Waals surface area contributed by atoms with Gasteiger partial charge in [0.15, 0.2) is 0 Å². The van der Waals surface area contributed by atoms with Crippen LogP contribution < -0.4 is 5.32 Å². The lowest BCUT2D eigenvalue weighted by Gasteiger charge is -2.26. The molecule has 0 bridgehead atoms. The van der Waals surface area contributed by atoms with Crippen molar-refractivity contribution in [2.24, 2.45) is 11.8 Å². The summed E-state index contributed by atoms with van der Waals surface area (Å²) in [6.07, 6.45) is 11.0. The summed E-state index contributed by atoms with van der Waals surface area (Å²) < 4.78 is 0. The van der Waals surface area contributed by atoms with E-state index in [0.29, 0.717) is 19.3 Å². The Labute approximate surface area is 107 Å². The molecule has 1 rings (SSSR count). The predicted molar refractivity (Wildman–Crippen MR) is 68.7 cm³/mol. The van der Waals surface area contributed by atoms with Gasteiger partial charge in [-0.25, -0.2) is 0 Å². The molecule has 1 aliphatic carbocycles. The van der Waals surface area contributed by atoms with Gasteiger partial charge in [0.25, 0.3) is 0 Å². The Bertz CT molecular complexity index is 381. The highest BCUT2D eigenvalue weighted by molar-refractivity contribution is 5.85. The lowest BCUT2D eigenvalue weighted by molar-refractivity contribution is -0.147. The normalized spacial score (nSPS) is 24.0. The number of nitrogens with one attached hydrogen (secondary N) is 1. The van der Waals surface area contributed by atoms with E-state index in [1.165, 1.54) is 0 Å². The Balaban J connectivity index is 2.67. The minimum atomic E-state index is -0.913. The van der Waals surface area contributed by atoms with Gasteiger partial charge in [0.05, 0.1) is 11.8 Å². The van der Waals surface area contributed by atoms with Crippen LogP contribution in [0.1, 0.15) is 32.6 Å². The fourth-order valence-corrected chi connectivity index (χ4v) is 2.12. The van der Waals surface area contributed by atoms with Crippen molar-refractivity contribution in [3.05, 3.63) is 12.2 Å². The van der Waals surface area contributed by atoms with Gasteiger partial charge in [0, 0.05) is 12.5 Å². The molecule has 0 heterocycles. The van der Waals surface area contributed by atoms with Gasteiger partial charge >= 0.3 is 5.97 Å². The molecule has 0 fully saturated rings. The van der Waals surface area contributed by atoms with E-state index in [9.17, 15) is 9.59 Å². The number of rotatable bonds is 5. The number of hydrogen-bond acceptors (Lipinski definition) is 2. The minimum absolute atomic E-state index is 0.0668. The third-order valence-corrected chi connectivity index (χ3v) is 3.29. The van der Waals surface area contributed by atoms with Crippen LogP contribution in [0.25, 0.3) is 0 Å². The SMILES string of the molecule is C#CCC(CC)NC(=O)[C@@H]1CC=CC[C@@H]1C(=O)O. The topological polar surface area (TPSA) is 66.4 Å². The Hall–Kier alpha value is -1.76. The van der Waals surface area contributed by atoms with Crippen LogP contribution in [0, 0.1) is 24.2 Å². The van der Waals surface area contributed by atoms with Crippen LogP contribution in [0.4, 0.5) is 0 Å². The Morgan fingerprint density at radius 1 is 1.44 bits per heavy atom. The number of terminal acetylenes is 1. The van der Waals surface area contributed by atoms with Gasteiger partial charge in [-0.2, -0.15) is 0 Å². The van der Waals surface area contributed by atoms with Gasteiger partial charge < -0.3 is 10.4 Å². The second-order valence-electron chi connectivity index (χ2n) is 4.52. The van der Waals surface area contributed by atoms with Crippen LogP contribution >= 0.6 is 0 Å². The van der Waals surface area contributed by atoms with Crippen molar-refractivity contribution < 1.29 is 14.7 Å². The van der Waals surface area contributed by atoms with Crippen LogP contribution in [-0.2, 0) is 9.59 Å². The molecule has 4 heteroatoms. The summed E-state index contributed by atoms with van der Waals surface area (Å²) in [7, 11) is 0. The number of hydrogen-bond donors (Lipinski definition) is 2. The summed E-state index contributed by atoms with van der Waals surface area (Å²) >= 11 is 0. The van der Waals surface area contributed by atoms with Gasteiger partial charge in [0.2, 0.25) is 5.91 Å². The van der Waals surface area contributed by atoms with Gasteiger partial charge in [-0.3, -0.25) is 9.59 Å². The molecular weight excluding hydrogens is 230 g/mol. The molecule has 4 nitrogen and oxygen atoms in total. The first-order chi connectivity index (χ1) is 8.60. The highest BCUT2D eigenvalue weighted by Crippen LogP contribution is 2.26. The third kappa shape index (κ3) is 3.63. The van der Waals surface area contributed by atoms with Gasteiger partial charge in [0.1, 0.15) is 0 Å². The fourth-order valence-electron chi connectivity index (χ4n) is 2.12. The maximum atomic E-state index is 12.1. The van der Waals surface area contributed by atoms with Crippen molar-refractivity contribution in [2.45, 2.75) is 38.6 Å². The first kappa shape index (κ1) is 14.3. The van der Waals surface area contributed by atoms with E-state index in [1.54, 1.807) is 0 Å². The predicted octanol–water partition coefficient (Wildman–Crippen LogP) is 1.57. The first-order valence-electron chi connectivity index (χ1n) is 6.21. The molecule has 0 saturated carbocycles. The number of amides is 1. The zero-order valence-corrected chi connectivity index (χ0v) is 10.6. The zero-order chi connectivity index (χ0) is 13.5. The molecular formula is C14H19NO3. The molecule has 0 spiro atoms. The third-order valence-electron chi connectivity index (χ3n) is 3.29.